The lowest BCUT2D eigenvalue weighted by Gasteiger charge is -2.14. The molecule has 3 rings (SSSR count). The number of thioether (sulfide) groups is 1. The van der Waals surface area contributed by atoms with Crippen LogP contribution in [-0.2, 0) is 11.2 Å². The van der Waals surface area contributed by atoms with Gasteiger partial charge in [-0.1, -0.05) is 72.8 Å². The van der Waals surface area contributed by atoms with E-state index >= 15 is 0 Å². The van der Waals surface area contributed by atoms with Gasteiger partial charge < -0.3 is 0 Å². The molecule has 1 saturated heterocycles. The van der Waals surface area contributed by atoms with Gasteiger partial charge in [-0.05, 0) is 41.8 Å². The number of anilines is 1. The maximum Gasteiger partial charge on any atom is 0.270 e. The van der Waals surface area contributed by atoms with Gasteiger partial charge in [0, 0.05) is 5.02 Å². The number of hydrogen-bond donors (Lipinski definition) is 0. The van der Waals surface area contributed by atoms with E-state index in [2.05, 4.69) is 6.92 Å². The molecular weight excluding hydrogens is 346 g/mol. The van der Waals surface area contributed by atoms with Crippen LogP contribution in [0, 0.1) is 0 Å². The number of hydrogen-bond acceptors (Lipinski definition) is 3. The van der Waals surface area contributed by atoms with Crippen molar-refractivity contribution < 1.29 is 4.79 Å². The largest absolute Gasteiger partial charge is 0.270 e. The average molecular weight is 360 g/mol. The predicted octanol–water partition coefficient (Wildman–Crippen LogP) is 5.31. The van der Waals surface area contributed by atoms with Crippen molar-refractivity contribution in [1.82, 2.24) is 0 Å². The molecule has 1 heterocycles. The summed E-state index contributed by atoms with van der Waals surface area (Å²) >= 11 is 12.8. The number of rotatable bonds is 3. The van der Waals surface area contributed by atoms with Crippen molar-refractivity contribution in [2.24, 2.45) is 0 Å². The summed E-state index contributed by atoms with van der Waals surface area (Å²) in [5.41, 5.74) is 2.84. The molecule has 2 aromatic carbocycles. The van der Waals surface area contributed by atoms with Gasteiger partial charge in [-0.25, -0.2) is 0 Å². The Kier molecular flexibility index (Phi) is 4.85. The maximum atomic E-state index is 12.7. The number of thiocarbonyl (C=S) groups is 1. The fourth-order valence-corrected chi connectivity index (χ4v) is 3.78. The van der Waals surface area contributed by atoms with E-state index in [0.717, 1.165) is 17.7 Å². The molecule has 116 valence electrons. The van der Waals surface area contributed by atoms with E-state index in [1.54, 1.807) is 17.0 Å². The average Bonchev–Trinajstić information content (AvgIpc) is 2.84. The van der Waals surface area contributed by atoms with Crippen LogP contribution in [0.4, 0.5) is 5.69 Å². The van der Waals surface area contributed by atoms with E-state index in [0.29, 0.717) is 14.2 Å². The summed E-state index contributed by atoms with van der Waals surface area (Å²) in [6, 6.07) is 15.3. The lowest BCUT2D eigenvalue weighted by atomic mass is 10.1. The van der Waals surface area contributed by atoms with Gasteiger partial charge in [0.1, 0.15) is 0 Å². The molecule has 2 aromatic rings. The van der Waals surface area contributed by atoms with E-state index in [9.17, 15) is 4.79 Å². The molecule has 1 amide bonds. The van der Waals surface area contributed by atoms with Crippen molar-refractivity contribution in [3.05, 3.63) is 69.6 Å². The normalized spacial score (nSPS) is 16.4. The van der Waals surface area contributed by atoms with Gasteiger partial charge in [-0.15, -0.1) is 0 Å². The molecule has 23 heavy (non-hydrogen) atoms. The van der Waals surface area contributed by atoms with Gasteiger partial charge >= 0.3 is 0 Å². The van der Waals surface area contributed by atoms with Crippen LogP contribution >= 0.6 is 35.6 Å². The van der Waals surface area contributed by atoms with Crippen molar-refractivity contribution in [1.29, 1.82) is 0 Å². The summed E-state index contributed by atoms with van der Waals surface area (Å²) in [5.74, 6) is -0.107. The van der Waals surface area contributed by atoms with Crippen LogP contribution in [0.5, 0.6) is 0 Å². The second-order valence-electron chi connectivity index (χ2n) is 5.06. The Morgan fingerprint density at radius 3 is 2.52 bits per heavy atom. The highest BCUT2D eigenvalue weighted by Crippen LogP contribution is 2.36. The predicted molar refractivity (Wildman–Crippen MR) is 103 cm³/mol. The molecule has 5 heteroatoms. The second-order valence-corrected chi connectivity index (χ2v) is 7.14. The molecule has 0 aliphatic carbocycles. The molecular formula is C18H14ClNOS2. The fourth-order valence-electron chi connectivity index (χ4n) is 2.30. The first kappa shape index (κ1) is 16.2. The van der Waals surface area contributed by atoms with E-state index in [4.69, 9.17) is 23.8 Å². The first-order valence-electron chi connectivity index (χ1n) is 7.21. The van der Waals surface area contributed by atoms with Crippen LogP contribution in [0.25, 0.3) is 6.08 Å². The Morgan fingerprint density at radius 1 is 1.17 bits per heavy atom. The van der Waals surface area contributed by atoms with E-state index in [-0.39, 0.29) is 5.91 Å². The molecule has 0 N–H and O–H groups in total. The quantitative estimate of drug-likeness (QED) is 0.547. The highest BCUT2D eigenvalue weighted by Gasteiger charge is 2.33. The van der Waals surface area contributed by atoms with Crippen LogP contribution in [0.1, 0.15) is 18.1 Å². The minimum absolute atomic E-state index is 0.107. The zero-order valence-corrected chi connectivity index (χ0v) is 14.8. The number of carbonyl (C=O) groups is 1. The summed E-state index contributed by atoms with van der Waals surface area (Å²) in [5, 5.41) is 0.616. The molecule has 1 aliphatic rings. The van der Waals surface area contributed by atoms with Crippen molar-refractivity contribution in [3.8, 4) is 0 Å². The minimum atomic E-state index is -0.107. The number of aryl methyl sites for hydroxylation is 1. The monoisotopic (exact) mass is 359 g/mol. The Bertz CT molecular complexity index is 799. The van der Waals surface area contributed by atoms with Crippen molar-refractivity contribution in [2.45, 2.75) is 13.3 Å². The zero-order valence-electron chi connectivity index (χ0n) is 12.5. The molecule has 0 spiro atoms. The van der Waals surface area contributed by atoms with Crippen molar-refractivity contribution in [3.63, 3.8) is 0 Å². The molecule has 0 saturated carbocycles. The molecule has 0 radical (unpaired) electrons. The summed E-state index contributed by atoms with van der Waals surface area (Å²) < 4.78 is 0.539. The number of nitrogens with zero attached hydrogens (tertiary/aromatic N) is 1. The highest BCUT2D eigenvalue weighted by atomic mass is 35.5. The first-order valence-corrected chi connectivity index (χ1v) is 8.82. The molecule has 0 atom stereocenters. The summed E-state index contributed by atoms with van der Waals surface area (Å²) in [7, 11) is 0. The van der Waals surface area contributed by atoms with Crippen LogP contribution in [0.15, 0.2) is 53.4 Å². The van der Waals surface area contributed by atoms with E-state index in [1.807, 2.05) is 42.5 Å². The lowest BCUT2D eigenvalue weighted by molar-refractivity contribution is -0.113. The van der Waals surface area contributed by atoms with Crippen molar-refractivity contribution in [2.75, 3.05) is 4.90 Å². The number of carbonyl (C=O) groups excluding carboxylic acids is 1. The Labute approximate surface area is 150 Å². The number of benzene rings is 2. The molecule has 2 nitrogen and oxygen atoms in total. The smallest absolute Gasteiger partial charge is 0.268 e. The summed E-state index contributed by atoms with van der Waals surface area (Å²) in [6.07, 6.45) is 2.76. The SMILES string of the molecule is CCc1ccc(N2C(=O)/C(=C\c3ccccc3Cl)SC2=S)cc1. The van der Waals surface area contributed by atoms with Crippen LogP contribution in [0.3, 0.4) is 0 Å². The van der Waals surface area contributed by atoms with Gasteiger partial charge in [-0.2, -0.15) is 0 Å². The fraction of sp³-hybridized carbons (Fsp3) is 0.111. The summed E-state index contributed by atoms with van der Waals surface area (Å²) in [4.78, 5) is 14.9. The van der Waals surface area contributed by atoms with Crippen LogP contribution in [0.2, 0.25) is 5.02 Å². The maximum absolute atomic E-state index is 12.7. The first-order chi connectivity index (χ1) is 11.1. The van der Waals surface area contributed by atoms with Crippen LogP contribution < -0.4 is 4.90 Å². The topological polar surface area (TPSA) is 20.3 Å². The third-order valence-electron chi connectivity index (χ3n) is 3.59. The van der Waals surface area contributed by atoms with Gasteiger partial charge in [0.2, 0.25) is 0 Å². The zero-order chi connectivity index (χ0) is 16.4. The van der Waals surface area contributed by atoms with Crippen molar-refractivity contribution >= 4 is 57.6 Å². The van der Waals surface area contributed by atoms with Crippen LogP contribution in [-0.4, -0.2) is 10.2 Å². The Morgan fingerprint density at radius 2 is 1.87 bits per heavy atom. The Balaban J connectivity index is 1.92. The lowest BCUT2D eigenvalue weighted by Crippen LogP contribution is -2.27. The minimum Gasteiger partial charge on any atom is -0.268 e. The standard InChI is InChI=1S/C18H14ClNOS2/c1-2-12-7-9-14(10-8-12)20-17(21)16(23-18(20)22)11-13-5-3-4-6-15(13)19/h3-11H,2H2,1H3/b16-11+. The molecule has 0 aromatic heterocycles. The molecule has 1 aliphatic heterocycles. The third-order valence-corrected chi connectivity index (χ3v) is 5.23. The second kappa shape index (κ2) is 6.87. The third kappa shape index (κ3) is 3.34. The number of halogens is 1. The molecule has 1 fully saturated rings. The molecule has 0 unspecified atom stereocenters. The number of amides is 1. The van der Waals surface area contributed by atoms with E-state index < -0.39 is 0 Å². The van der Waals surface area contributed by atoms with Gasteiger partial charge in [0.25, 0.3) is 5.91 Å². The molecule has 0 bridgehead atoms. The summed E-state index contributed by atoms with van der Waals surface area (Å²) in [6.45, 7) is 2.10. The van der Waals surface area contributed by atoms with Gasteiger partial charge in [0.05, 0.1) is 10.6 Å². The van der Waals surface area contributed by atoms with Gasteiger partial charge in [0.15, 0.2) is 4.32 Å². The highest BCUT2D eigenvalue weighted by molar-refractivity contribution is 8.27. The Hall–Kier alpha value is -1.62. The van der Waals surface area contributed by atoms with E-state index in [1.165, 1.54) is 17.3 Å². The van der Waals surface area contributed by atoms with Gasteiger partial charge in [-0.3, -0.25) is 9.69 Å².